The fraction of sp³-hybridized carbons (Fsp3) is 0.444. The molecule has 7 heteroatoms. The summed E-state index contributed by atoms with van der Waals surface area (Å²) in [6.07, 6.45) is 0. The summed E-state index contributed by atoms with van der Waals surface area (Å²) in [6.45, 7) is 0.335. The molecule has 3 N–H and O–H groups in total. The number of hydrogen-bond acceptors (Lipinski definition) is 5. The standard InChI is InChI=1S/C9H14N4O2S/c1-11-7(14)4-13(2)9(15)6-5-16-8(3-10)12-6/h5H,3-4,10H2,1-2H3,(H,11,14). The van der Waals surface area contributed by atoms with Crippen LogP contribution < -0.4 is 11.1 Å². The molecule has 0 radical (unpaired) electrons. The number of amides is 2. The van der Waals surface area contributed by atoms with Gasteiger partial charge in [-0.3, -0.25) is 9.59 Å². The van der Waals surface area contributed by atoms with E-state index < -0.39 is 0 Å². The summed E-state index contributed by atoms with van der Waals surface area (Å²) in [6, 6.07) is 0. The Morgan fingerprint density at radius 2 is 2.31 bits per heavy atom. The van der Waals surface area contributed by atoms with Gasteiger partial charge in [0, 0.05) is 26.0 Å². The molecule has 0 aliphatic heterocycles. The molecule has 0 bridgehead atoms. The number of aromatic nitrogens is 1. The van der Waals surface area contributed by atoms with E-state index in [1.165, 1.54) is 23.3 Å². The van der Waals surface area contributed by atoms with Crippen LogP contribution in [0.2, 0.25) is 0 Å². The molecule has 2 amide bonds. The highest BCUT2D eigenvalue weighted by molar-refractivity contribution is 7.09. The highest BCUT2D eigenvalue weighted by Crippen LogP contribution is 2.10. The van der Waals surface area contributed by atoms with Gasteiger partial charge in [-0.2, -0.15) is 0 Å². The summed E-state index contributed by atoms with van der Waals surface area (Å²) >= 11 is 1.34. The van der Waals surface area contributed by atoms with Crippen LogP contribution in [-0.4, -0.2) is 42.3 Å². The maximum Gasteiger partial charge on any atom is 0.273 e. The molecule has 0 aromatic carbocycles. The van der Waals surface area contributed by atoms with Gasteiger partial charge in [0.1, 0.15) is 10.7 Å². The molecular formula is C9H14N4O2S. The minimum atomic E-state index is -0.278. The summed E-state index contributed by atoms with van der Waals surface area (Å²) in [5.74, 6) is -0.496. The Kier molecular flexibility index (Phi) is 4.39. The SMILES string of the molecule is CNC(=O)CN(C)C(=O)c1csc(CN)n1. The number of nitrogens with two attached hydrogens (primary N) is 1. The van der Waals surface area contributed by atoms with Crippen molar-refractivity contribution in [1.29, 1.82) is 0 Å². The molecule has 16 heavy (non-hydrogen) atoms. The van der Waals surface area contributed by atoms with Crippen LogP contribution >= 0.6 is 11.3 Å². The average molecular weight is 242 g/mol. The second kappa shape index (κ2) is 5.57. The van der Waals surface area contributed by atoms with E-state index in [-0.39, 0.29) is 18.4 Å². The number of rotatable bonds is 4. The van der Waals surface area contributed by atoms with E-state index in [0.29, 0.717) is 17.2 Å². The van der Waals surface area contributed by atoms with Crippen LogP contribution in [0, 0.1) is 0 Å². The highest BCUT2D eigenvalue weighted by atomic mass is 32.1. The first kappa shape index (κ1) is 12.6. The molecule has 0 aliphatic carbocycles. The maximum absolute atomic E-state index is 11.8. The van der Waals surface area contributed by atoms with E-state index in [1.54, 1.807) is 12.4 Å². The molecule has 1 heterocycles. The van der Waals surface area contributed by atoms with Crippen molar-refractivity contribution >= 4 is 23.2 Å². The molecule has 0 saturated heterocycles. The third-order valence-corrected chi connectivity index (χ3v) is 2.82. The number of carbonyl (C=O) groups excluding carboxylic acids is 2. The second-order valence-electron chi connectivity index (χ2n) is 3.16. The van der Waals surface area contributed by atoms with E-state index in [2.05, 4.69) is 10.3 Å². The molecule has 0 spiro atoms. The minimum absolute atomic E-state index is 0.0187. The summed E-state index contributed by atoms with van der Waals surface area (Å²) in [5.41, 5.74) is 5.73. The van der Waals surface area contributed by atoms with Gasteiger partial charge in [0.2, 0.25) is 5.91 Å². The van der Waals surface area contributed by atoms with Crippen molar-refractivity contribution in [2.24, 2.45) is 5.73 Å². The van der Waals surface area contributed by atoms with Crippen molar-refractivity contribution in [2.45, 2.75) is 6.54 Å². The van der Waals surface area contributed by atoms with Crippen LogP contribution in [-0.2, 0) is 11.3 Å². The van der Waals surface area contributed by atoms with E-state index in [0.717, 1.165) is 0 Å². The Bertz CT molecular complexity index is 391. The maximum atomic E-state index is 11.8. The smallest absolute Gasteiger partial charge is 0.273 e. The zero-order valence-electron chi connectivity index (χ0n) is 9.19. The third-order valence-electron chi connectivity index (χ3n) is 1.95. The first-order valence-corrected chi connectivity index (χ1v) is 5.57. The number of hydrogen-bond donors (Lipinski definition) is 2. The van der Waals surface area contributed by atoms with E-state index in [1.807, 2.05) is 0 Å². The van der Waals surface area contributed by atoms with Crippen molar-refractivity contribution in [2.75, 3.05) is 20.6 Å². The molecule has 1 aromatic heterocycles. The van der Waals surface area contributed by atoms with Gasteiger partial charge in [-0.15, -0.1) is 11.3 Å². The average Bonchev–Trinajstić information content (AvgIpc) is 2.76. The Labute approximate surface area is 97.5 Å². The monoisotopic (exact) mass is 242 g/mol. The van der Waals surface area contributed by atoms with Crippen LogP contribution in [0.4, 0.5) is 0 Å². The molecule has 0 aliphatic rings. The lowest BCUT2D eigenvalue weighted by molar-refractivity contribution is -0.121. The Morgan fingerprint density at radius 1 is 1.62 bits per heavy atom. The molecular weight excluding hydrogens is 228 g/mol. The Hall–Kier alpha value is -1.47. The molecule has 88 valence electrons. The topological polar surface area (TPSA) is 88.3 Å². The normalized spacial score (nSPS) is 9.94. The van der Waals surface area contributed by atoms with Crippen molar-refractivity contribution in [1.82, 2.24) is 15.2 Å². The predicted octanol–water partition coefficient (Wildman–Crippen LogP) is -0.580. The van der Waals surface area contributed by atoms with Gasteiger partial charge in [0.15, 0.2) is 0 Å². The molecule has 0 atom stereocenters. The number of carbonyl (C=O) groups is 2. The molecule has 0 unspecified atom stereocenters. The zero-order chi connectivity index (χ0) is 12.1. The van der Waals surface area contributed by atoms with E-state index >= 15 is 0 Å². The minimum Gasteiger partial charge on any atom is -0.358 e. The lowest BCUT2D eigenvalue weighted by atomic mass is 10.4. The molecule has 1 rings (SSSR count). The van der Waals surface area contributed by atoms with Crippen LogP contribution in [0.15, 0.2) is 5.38 Å². The van der Waals surface area contributed by atoms with Crippen LogP contribution in [0.3, 0.4) is 0 Å². The summed E-state index contributed by atoms with van der Waals surface area (Å²) in [5, 5.41) is 4.80. The fourth-order valence-electron chi connectivity index (χ4n) is 1.06. The van der Waals surface area contributed by atoms with Gasteiger partial charge >= 0.3 is 0 Å². The van der Waals surface area contributed by atoms with Crippen molar-refractivity contribution in [3.05, 3.63) is 16.1 Å². The molecule has 0 saturated carbocycles. The van der Waals surface area contributed by atoms with E-state index in [4.69, 9.17) is 5.73 Å². The number of nitrogens with zero attached hydrogens (tertiary/aromatic N) is 2. The van der Waals surface area contributed by atoms with Gasteiger partial charge in [-0.25, -0.2) is 4.98 Å². The second-order valence-corrected chi connectivity index (χ2v) is 4.11. The largest absolute Gasteiger partial charge is 0.358 e. The number of nitrogens with one attached hydrogen (secondary N) is 1. The summed E-state index contributed by atoms with van der Waals surface area (Å²) in [4.78, 5) is 28.2. The molecule has 1 aromatic rings. The van der Waals surface area contributed by atoms with Gasteiger partial charge in [-0.1, -0.05) is 0 Å². The van der Waals surface area contributed by atoms with E-state index in [9.17, 15) is 9.59 Å². The molecule has 0 fully saturated rings. The molecule has 6 nitrogen and oxygen atoms in total. The van der Waals surface area contributed by atoms with Crippen LogP contribution in [0.25, 0.3) is 0 Å². The number of likely N-dealkylation sites (N-methyl/N-ethyl adjacent to an activating group) is 2. The predicted molar refractivity (Wildman–Crippen MR) is 61.0 cm³/mol. The van der Waals surface area contributed by atoms with Crippen molar-refractivity contribution in [3.63, 3.8) is 0 Å². The number of thiazole rings is 1. The van der Waals surface area contributed by atoms with Crippen molar-refractivity contribution in [3.8, 4) is 0 Å². The summed E-state index contributed by atoms with van der Waals surface area (Å²) < 4.78 is 0. The third kappa shape index (κ3) is 3.01. The van der Waals surface area contributed by atoms with Gasteiger partial charge in [-0.05, 0) is 0 Å². The van der Waals surface area contributed by atoms with Crippen LogP contribution in [0.5, 0.6) is 0 Å². The lowest BCUT2D eigenvalue weighted by Gasteiger charge is -2.14. The van der Waals surface area contributed by atoms with Crippen molar-refractivity contribution < 1.29 is 9.59 Å². The summed E-state index contributed by atoms with van der Waals surface area (Å²) in [7, 11) is 3.08. The quantitative estimate of drug-likeness (QED) is 0.739. The zero-order valence-corrected chi connectivity index (χ0v) is 10.0. The highest BCUT2D eigenvalue weighted by Gasteiger charge is 2.16. The van der Waals surface area contributed by atoms with Gasteiger partial charge in [0.05, 0.1) is 6.54 Å². The fourth-order valence-corrected chi connectivity index (χ4v) is 1.71. The Balaban J connectivity index is 2.66. The first-order chi connectivity index (χ1) is 7.58. The Morgan fingerprint density at radius 3 is 2.81 bits per heavy atom. The van der Waals surface area contributed by atoms with Gasteiger partial charge in [0.25, 0.3) is 5.91 Å². The van der Waals surface area contributed by atoms with Gasteiger partial charge < -0.3 is 16.0 Å². The lowest BCUT2D eigenvalue weighted by Crippen LogP contribution is -2.37. The van der Waals surface area contributed by atoms with Crippen LogP contribution in [0.1, 0.15) is 15.5 Å². The first-order valence-electron chi connectivity index (χ1n) is 4.69.